The van der Waals surface area contributed by atoms with Crippen LogP contribution in [0, 0.1) is 5.92 Å². The van der Waals surface area contributed by atoms with Crippen LogP contribution >= 0.6 is 0 Å². The minimum atomic E-state index is -0.191. The zero-order chi connectivity index (χ0) is 26.4. The molecule has 0 bridgehead atoms. The molecule has 2 aromatic rings. The molecular weight excluding hydrogens is 472 g/mol. The number of benzene rings is 2. The first-order valence-electron chi connectivity index (χ1n) is 12.4. The van der Waals surface area contributed by atoms with Crippen LogP contribution in [0.4, 0.5) is 0 Å². The minimum Gasteiger partial charge on any atom is -0.493 e. The van der Waals surface area contributed by atoms with E-state index < -0.39 is 0 Å². The number of Topliss-reactive ketones (excluding diaryl/α,β-unsaturated/α-hetero) is 1. The molecule has 2 aliphatic rings. The average molecular weight is 507 g/mol. The highest BCUT2D eigenvalue weighted by Crippen LogP contribution is 2.34. The predicted molar refractivity (Wildman–Crippen MR) is 142 cm³/mol. The van der Waals surface area contributed by atoms with Crippen molar-refractivity contribution in [3.63, 3.8) is 0 Å². The summed E-state index contributed by atoms with van der Waals surface area (Å²) < 4.78 is 21.5. The third-order valence-corrected chi connectivity index (χ3v) is 6.79. The zero-order valence-electron chi connectivity index (χ0n) is 21.8. The third kappa shape index (κ3) is 6.14. The number of amides is 1. The topological polar surface area (TPSA) is 95.1 Å². The normalized spacial score (nSPS) is 21.7. The Hall–Kier alpha value is -3.78. The van der Waals surface area contributed by atoms with Gasteiger partial charge in [0.25, 0.3) is 0 Å². The van der Waals surface area contributed by atoms with Crippen LogP contribution in [0.5, 0.6) is 23.0 Å². The summed E-state index contributed by atoms with van der Waals surface area (Å²) >= 11 is 0. The number of carbonyl (C=O) groups excluding carboxylic acids is 2. The molecular formula is C29H34N2O6. The van der Waals surface area contributed by atoms with Gasteiger partial charge in [-0.15, -0.1) is 0 Å². The van der Waals surface area contributed by atoms with Gasteiger partial charge in [0.2, 0.25) is 5.91 Å². The molecule has 2 fully saturated rings. The van der Waals surface area contributed by atoms with Gasteiger partial charge in [0.1, 0.15) is 0 Å². The summed E-state index contributed by atoms with van der Waals surface area (Å²) in [6.07, 6.45) is 5.44. The fourth-order valence-electron chi connectivity index (χ4n) is 4.83. The number of rotatable bonds is 8. The molecule has 1 amide bonds. The van der Waals surface area contributed by atoms with E-state index >= 15 is 0 Å². The molecule has 1 atom stereocenters. The molecule has 4 rings (SSSR count). The lowest BCUT2D eigenvalue weighted by Crippen LogP contribution is -2.42. The van der Waals surface area contributed by atoms with Crippen molar-refractivity contribution >= 4 is 23.8 Å². The fourth-order valence-corrected chi connectivity index (χ4v) is 4.83. The van der Waals surface area contributed by atoms with E-state index in [1.54, 1.807) is 28.4 Å². The summed E-state index contributed by atoms with van der Waals surface area (Å²) in [6, 6.07) is 10.9. The maximum atomic E-state index is 13.6. The molecule has 0 spiro atoms. The van der Waals surface area contributed by atoms with Crippen LogP contribution in [0.3, 0.4) is 0 Å². The van der Waals surface area contributed by atoms with E-state index in [0.717, 1.165) is 24.1 Å². The highest BCUT2D eigenvalue weighted by molar-refractivity contribution is 6.14. The Morgan fingerprint density at radius 3 is 1.78 bits per heavy atom. The Labute approximate surface area is 217 Å². The fraction of sp³-hybridized carbons (Fsp3) is 0.379. The first-order valence-corrected chi connectivity index (χ1v) is 12.4. The van der Waals surface area contributed by atoms with Crippen LogP contribution < -0.4 is 29.6 Å². The van der Waals surface area contributed by atoms with Crippen LogP contribution in [0.25, 0.3) is 12.2 Å². The number of hydrogen-bond donors (Lipinski definition) is 2. The van der Waals surface area contributed by atoms with Crippen molar-refractivity contribution in [3.8, 4) is 23.0 Å². The van der Waals surface area contributed by atoms with Crippen molar-refractivity contribution in [2.24, 2.45) is 5.92 Å². The average Bonchev–Trinajstić information content (AvgIpc) is 3.46. The number of hydrogen-bond acceptors (Lipinski definition) is 7. The smallest absolute Gasteiger partial charge is 0.224 e. The van der Waals surface area contributed by atoms with Gasteiger partial charge in [0.15, 0.2) is 28.8 Å². The number of methoxy groups -OCH3 is 4. The first kappa shape index (κ1) is 26.3. The Bertz CT molecular complexity index is 1140. The largest absolute Gasteiger partial charge is 0.493 e. The third-order valence-electron chi connectivity index (χ3n) is 6.79. The molecule has 0 aromatic heterocycles. The van der Waals surface area contributed by atoms with Crippen molar-refractivity contribution in [2.45, 2.75) is 25.3 Å². The Kier molecular flexibility index (Phi) is 8.50. The van der Waals surface area contributed by atoms with Gasteiger partial charge in [-0.25, -0.2) is 0 Å². The standard InChI is InChI=1S/C29H34N2O6/c1-34-24-7-5-18(13-26(24)36-3)11-21-15-23(31-29(33)20-9-10-30-17-20)16-22(28(21)32)12-19-6-8-25(35-2)27(14-19)37-4/h5-8,11-14,20,23,30H,9-10,15-17H2,1-4H3,(H,31,33)/b21-11+,22-12+. The summed E-state index contributed by atoms with van der Waals surface area (Å²) in [7, 11) is 6.32. The van der Waals surface area contributed by atoms with E-state index in [0.29, 0.717) is 53.5 Å². The Morgan fingerprint density at radius 2 is 1.35 bits per heavy atom. The maximum Gasteiger partial charge on any atom is 0.224 e. The van der Waals surface area contributed by atoms with Crippen LogP contribution in [0.2, 0.25) is 0 Å². The van der Waals surface area contributed by atoms with Gasteiger partial charge in [0.05, 0.1) is 34.4 Å². The van der Waals surface area contributed by atoms with Crippen molar-refractivity contribution in [3.05, 3.63) is 58.7 Å². The van der Waals surface area contributed by atoms with Gasteiger partial charge in [-0.05, 0) is 73.4 Å². The first-order chi connectivity index (χ1) is 17.9. The van der Waals surface area contributed by atoms with Crippen LogP contribution in [0.1, 0.15) is 30.4 Å². The summed E-state index contributed by atoms with van der Waals surface area (Å²) in [6.45, 7) is 1.52. The number of nitrogens with one attached hydrogen (secondary N) is 2. The molecule has 0 radical (unpaired) electrons. The monoisotopic (exact) mass is 506 g/mol. The molecule has 2 aromatic carbocycles. The molecule has 1 aliphatic heterocycles. The van der Waals surface area contributed by atoms with Gasteiger partial charge in [-0.3, -0.25) is 9.59 Å². The van der Waals surface area contributed by atoms with Gasteiger partial charge in [-0.2, -0.15) is 0 Å². The highest BCUT2D eigenvalue weighted by Gasteiger charge is 2.31. The van der Waals surface area contributed by atoms with Crippen molar-refractivity contribution in [1.82, 2.24) is 10.6 Å². The van der Waals surface area contributed by atoms with Gasteiger partial charge in [-0.1, -0.05) is 12.1 Å². The molecule has 1 saturated carbocycles. The Morgan fingerprint density at radius 1 is 0.838 bits per heavy atom. The summed E-state index contributed by atoms with van der Waals surface area (Å²) in [4.78, 5) is 26.5. The molecule has 8 nitrogen and oxygen atoms in total. The van der Waals surface area contributed by atoms with Crippen molar-refractivity contribution in [1.29, 1.82) is 0 Å². The van der Waals surface area contributed by atoms with Crippen LogP contribution in [-0.4, -0.2) is 59.3 Å². The lowest BCUT2D eigenvalue weighted by molar-refractivity contribution is -0.125. The molecule has 196 valence electrons. The lowest BCUT2D eigenvalue weighted by atomic mass is 9.83. The van der Waals surface area contributed by atoms with E-state index in [1.165, 1.54) is 0 Å². The van der Waals surface area contributed by atoms with E-state index in [9.17, 15) is 9.59 Å². The predicted octanol–water partition coefficient (Wildman–Crippen LogP) is 3.65. The molecule has 37 heavy (non-hydrogen) atoms. The Balaban J connectivity index is 1.67. The van der Waals surface area contributed by atoms with Gasteiger partial charge < -0.3 is 29.6 Å². The highest BCUT2D eigenvalue weighted by atomic mass is 16.5. The van der Waals surface area contributed by atoms with Gasteiger partial charge >= 0.3 is 0 Å². The maximum absolute atomic E-state index is 13.6. The zero-order valence-corrected chi connectivity index (χ0v) is 21.8. The molecule has 8 heteroatoms. The summed E-state index contributed by atoms with van der Waals surface area (Å²) in [5.41, 5.74) is 2.89. The summed E-state index contributed by atoms with van der Waals surface area (Å²) in [5.74, 6) is 2.33. The van der Waals surface area contributed by atoms with E-state index in [2.05, 4.69) is 10.6 Å². The number of ketones is 1. The number of ether oxygens (including phenoxy) is 4. The van der Waals surface area contributed by atoms with Crippen molar-refractivity contribution in [2.75, 3.05) is 41.5 Å². The quantitative estimate of drug-likeness (QED) is 0.528. The lowest BCUT2D eigenvalue weighted by Gasteiger charge is -2.28. The minimum absolute atomic E-state index is 0.0280. The van der Waals surface area contributed by atoms with Crippen LogP contribution in [-0.2, 0) is 9.59 Å². The van der Waals surface area contributed by atoms with Gasteiger partial charge in [0, 0.05) is 23.7 Å². The van der Waals surface area contributed by atoms with Crippen LogP contribution in [0.15, 0.2) is 47.5 Å². The molecule has 2 N–H and O–H groups in total. The second-order valence-corrected chi connectivity index (χ2v) is 9.20. The molecule has 1 heterocycles. The summed E-state index contributed by atoms with van der Waals surface area (Å²) in [5, 5.41) is 6.43. The SMILES string of the molecule is COc1ccc(/C=C2\CC(NC(=O)C3CCNC3)C/C(=C\c3ccc(OC)c(OC)c3)C2=O)cc1OC. The molecule has 1 unspecified atom stereocenters. The van der Waals surface area contributed by atoms with E-state index in [1.807, 2.05) is 48.6 Å². The van der Waals surface area contributed by atoms with E-state index in [4.69, 9.17) is 18.9 Å². The second-order valence-electron chi connectivity index (χ2n) is 9.20. The van der Waals surface area contributed by atoms with Crippen molar-refractivity contribution < 1.29 is 28.5 Å². The molecule has 1 saturated heterocycles. The molecule has 1 aliphatic carbocycles. The number of carbonyl (C=O) groups is 2. The van der Waals surface area contributed by atoms with E-state index in [-0.39, 0.29) is 23.7 Å². The second kappa shape index (κ2) is 12.0.